The van der Waals surface area contributed by atoms with Gasteiger partial charge in [0.1, 0.15) is 11.5 Å². The Morgan fingerprint density at radius 3 is 2.93 bits per heavy atom. The van der Waals surface area contributed by atoms with Crippen LogP contribution in [-0.4, -0.2) is 30.6 Å². The van der Waals surface area contributed by atoms with Gasteiger partial charge in [0.15, 0.2) is 5.82 Å². The number of aliphatic carboxylic acids is 1. The lowest BCUT2D eigenvalue weighted by Gasteiger charge is -2.30. The van der Waals surface area contributed by atoms with Crippen LogP contribution in [0, 0.1) is 11.7 Å². The van der Waals surface area contributed by atoms with Crippen LogP contribution in [0.15, 0.2) is 36.8 Å². The van der Waals surface area contributed by atoms with Crippen molar-refractivity contribution in [3.8, 4) is 0 Å². The maximum absolute atomic E-state index is 13.7. The first kappa shape index (κ1) is 17.0. The Morgan fingerprint density at radius 1 is 1.21 bits per heavy atom. The van der Waals surface area contributed by atoms with Gasteiger partial charge in [-0.1, -0.05) is 18.9 Å². The molecule has 3 aromatic rings. The third-order valence-electron chi connectivity index (χ3n) is 5.83. The van der Waals surface area contributed by atoms with Crippen molar-refractivity contribution in [3.63, 3.8) is 0 Å². The fourth-order valence-electron chi connectivity index (χ4n) is 4.45. The van der Waals surface area contributed by atoms with Crippen molar-refractivity contribution in [3.05, 3.63) is 59.7 Å². The van der Waals surface area contributed by atoms with E-state index in [0.29, 0.717) is 18.7 Å². The van der Waals surface area contributed by atoms with Crippen molar-refractivity contribution in [1.29, 1.82) is 0 Å². The van der Waals surface area contributed by atoms with Gasteiger partial charge in [0, 0.05) is 41.4 Å². The second-order valence-electron chi connectivity index (χ2n) is 7.46. The van der Waals surface area contributed by atoms with Crippen molar-refractivity contribution in [2.45, 2.75) is 38.1 Å². The van der Waals surface area contributed by atoms with E-state index >= 15 is 0 Å². The molecule has 0 amide bonds. The van der Waals surface area contributed by atoms with E-state index in [1.807, 2.05) is 22.9 Å². The van der Waals surface area contributed by atoms with E-state index in [1.165, 1.54) is 12.3 Å². The molecule has 0 aromatic carbocycles. The molecule has 142 valence electrons. The molecule has 3 heterocycles. The van der Waals surface area contributed by atoms with E-state index in [2.05, 4.69) is 9.97 Å². The standard InChI is InChI=1S/C21H19FN4O2/c22-13-9-16-14(5-6-17(16)23-11-13)19-24-10-12-7-8-26(20(12)25-19)18-4-2-1-3-15(18)21(27)28/h5,7-11,15,18H,1-4,6H2,(H,27,28)/t15-,18?/m0/s1. The van der Waals surface area contributed by atoms with Gasteiger partial charge in [-0.25, -0.2) is 14.4 Å². The lowest BCUT2D eigenvalue weighted by atomic mass is 9.84. The van der Waals surface area contributed by atoms with Gasteiger partial charge in [0.25, 0.3) is 0 Å². The SMILES string of the molecule is O=C(O)[C@H]1CCCCC1n1ccc2cnc(C3=CCc4ncc(F)cc43)nc21. The highest BCUT2D eigenvalue weighted by molar-refractivity contribution is 5.84. The lowest BCUT2D eigenvalue weighted by Crippen LogP contribution is -2.29. The molecule has 7 heteroatoms. The molecule has 0 saturated heterocycles. The first-order chi connectivity index (χ1) is 13.6. The predicted octanol–water partition coefficient (Wildman–Crippen LogP) is 3.77. The molecule has 0 radical (unpaired) electrons. The van der Waals surface area contributed by atoms with Crippen LogP contribution >= 0.6 is 0 Å². The molecular formula is C21H19FN4O2. The number of aromatic nitrogens is 4. The monoisotopic (exact) mass is 378 g/mol. The summed E-state index contributed by atoms with van der Waals surface area (Å²) in [6.07, 6.45) is 10.9. The van der Waals surface area contributed by atoms with Crippen LogP contribution in [0.1, 0.15) is 48.8 Å². The maximum Gasteiger partial charge on any atom is 0.308 e. The van der Waals surface area contributed by atoms with Crippen LogP contribution < -0.4 is 0 Å². The molecule has 0 spiro atoms. The Hall–Kier alpha value is -3.09. The van der Waals surface area contributed by atoms with Crippen LogP contribution in [0.25, 0.3) is 16.6 Å². The molecule has 6 nitrogen and oxygen atoms in total. The molecular weight excluding hydrogens is 359 g/mol. The third kappa shape index (κ3) is 2.69. The van der Waals surface area contributed by atoms with E-state index in [-0.39, 0.29) is 11.9 Å². The van der Waals surface area contributed by atoms with Crippen molar-refractivity contribution in [2.24, 2.45) is 5.92 Å². The Kier molecular flexibility index (Phi) is 3.96. The number of rotatable bonds is 3. The number of pyridine rings is 1. The highest BCUT2D eigenvalue weighted by Gasteiger charge is 2.33. The van der Waals surface area contributed by atoms with Gasteiger partial charge in [-0.3, -0.25) is 9.78 Å². The minimum Gasteiger partial charge on any atom is -0.481 e. The molecule has 1 saturated carbocycles. The first-order valence-corrected chi connectivity index (χ1v) is 9.53. The quantitative estimate of drug-likeness (QED) is 0.750. The second kappa shape index (κ2) is 6.51. The van der Waals surface area contributed by atoms with Crippen LogP contribution in [0.2, 0.25) is 0 Å². The number of nitrogens with zero attached hydrogens (tertiary/aromatic N) is 4. The van der Waals surface area contributed by atoms with Crippen molar-refractivity contribution < 1.29 is 14.3 Å². The summed E-state index contributed by atoms with van der Waals surface area (Å²) in [5, 5.41) is 10.5. The fraction of sp³-hybridized carbons (Fsp3) is 0.333. The second-order valence-corrected chi connectivity index (χ2v) is 7.46. The van der Waals surface area contributed by atoms with E-state index < -0.39 is 11.9 Å². The molecule has 2 atom stereocenters. The summed E-state index contributed by atoms with van der Waals surface area (Å²) in [6.45, 7) is 0. The Balaban J connectivity index is 1.59. The van der Waals surface area contributed by atoms with E-state index in [4.69, 9.17) is 4.98 Å². The Labute approximate surface area is 160 Å². The molecule has 1 N–H and O–H groups in total. The summed E-state index contributed by atoms with van der Waals surface area (Å²) in [6, 6.07) is 3.27. The number of hydrogen-bond acceptors (Lipinski definition) is 4. The van der Waals surface area contributed by atoms with Crippen molar-refractivity contribution in [2.75, 3.05) is 0 Å². The third-order valence-corrected chi connectivity index (χ3v) is 5.83. The molecule has 1 fully saturated rings. The zero-order valence-electron chi connectivity index (χ0n) is 15.2. The van der Waals surface area contributed by atoms with Crippen molar-refractivity contribution in [1.82, 2.24) is 19.5 Å². The summed E-state index contributed by atoms with van der Waals surface area (Å²) < 4.78 is 15.7. The molecule has 2 aliphatic carbocycles. The lowest BCUT2D eigenvalue weighted by molar-refractivity contribution is -0.144. The number of carboxylic acid groups (broad SMARTS) is 1. The average Bonchev–Trinajstić information content (AvgIpc) is 3.31. The smallest absolute Gasteiger partial charge is 0.308 e. The van der Waals surface area contributed by atoms with Crippen molar-refractivity contribution >= 4 is 22.6 Å². The molecule has 3 aromatic heterocycles. The highest BCUT2D eigenvalue weighted by Crippen LogP contribution is 2.37. The molecule has 2 aliphatic rings. The first-order valence-electron chi connectivity index (χ1n) is 9.53. The number of carbonyl (C=O) groups is 1. The average molecular weight is 378 g/mol. The van der Waals surface area contributed by atoms with Gasteiger partial charge in [0.2, 0.25) is 0 Å². The number of halogens is 1. The van der Waals surface area contributed by atoms with E-state index in [9.17, 15) is 14.3 Å². The molecule has 28 heavy (non-hydrogen) atoms. The summed E-state index contributed by atoms with van der Waals surface area (Å²) in [5.41, 5.74) is 3.03. The topological polar surface area (TPSA) is 80.9 Å². The number of fused-ring (bicyclic) bond motifs is 2. The summed E-state index contributed by atoms with van der Waals surface area (Å²) in [7, 11) is 0. The maximum atomic E-state index is 13.7. The molecule has 0 bridgehead atoms. The zero-order chi connectivity index (χ0) is 19.3. The summed E-state index contributed by atoms with van der Waals surface area (Å²) in [4.78, 5) is 25.1. The van der Waals surface area contributed by atoms with E-state index in [0.717, 1.165) is 47.1 Å². The van der Waals surface area contributed by atoms with Gasteiger partial charge in [0.05, 0.1) is 17.8 Å². The zero-order valence-corrected chi connectivity index (χ0v) is 15.2. The minimum atomic E-state index is -0.755. The number of hydrogen-bond donors (Lipinski definition) is 1. The largest absolute Gasteiger partial charge is 0.481 e. The van der Waals surface area contributed by atoms with E-state index in [1.54, 1.807) is 6.20 Å². The van der Waals surface area contributed by atoms with Gasteiger partial charge in [-0.05, 0) is 25.0 Å². The van der Waals surface area contributed by atoms with Gasteiger partial charge in [-0.15, -0.1) is 0 Å². The number of allylic oxidation sites excluding steroid dienone is 1. The number of carboxylic acids is 1. The highest BCUT2D eigenvalue weighted by atomic mass is 19.1. The molecule has 5 rings (SSSR count). The van der Waals surface area contributed by atoms with Gasteiger partial charge >= 0.3 is 5.97 Å². The van der Waals surface area contributed by atoms with Gasteiger partial charge < -0.3 is 9.67 Å². The minimum absolute atomic E-state index is 0.115. The molecule has 0 aliphatic heterocycles. The Bertz CT molecular complexity index is 1120. The van der Waals surface area contributed by atoms with Crippen LogP contribution in [0.3, 0.4) is 0 Å². The van der Waals surface area contributed by atoms with Crippen LogP contribution in [0.5, 0.6) is 0 Å². The fourth-order valence-corrected chi connectivity index (χ4v) is 4.45. The van der Waals surface area contributed by atoms with Gasteiger partial charge in [-0.2, -0.15) is 0 Å². The molecule has 1 unspecified atom stereocenters. The predicted molar refractivity (Wildman–Crippen MR) is 101 cm³/mol. The normalized spacial score (nSPS) is 21.5. The van der Waals surface area contributed by atoms with Crippen LogP contribution in [0.4, 0.5) is 4.39 Å². The summed E-state index contributed by atoms with van der Waals surface area (Å²) in [5.74, 6) is -1.04. The summed E-state index contributed by atoms with van der Waals surface area (Å²) >= 11 is 0. The van der Waals surface area contributed by atoms with Crippen LogP contribution in [-0.2, 0) is 11.2 Å². The Morgan fingerprint density at radius 2 is 2.07 bits per heavy atom.